The van der Waals surface area contributed by atoms with Gasteiger partial charge in [-0.3, -0.25) is 14.6 Å². The Morgan fingerprint density at radius 1 is 1.17 bits per heavy atom. The molecular weight excluding hydrogens is 589 g/mol. The van der Waals surface area contributed by atoms with E-state index in [1.165, 1.54) is 16.8 Å². The minimum Gasteiger partial charge on any atom is -0.394 e. The highest BCUT2D eigenvalue weighted by Gasteiger charge is 2.49. The van der Waals surface area contributed by atoms with Crippen molar-refractivity contribution in [3.8, 4) is 0 Å². The molecule has 3 aliphatic heterocycles. The van der Waals surface area contributed by atoms with E-state index in [0.717, 1.165) is 61.9 Å². The number of halogens is 1. The number of carbonyl (C=O) groups is 1. The molecule has 4 aliphatic rings. The highest BCUT2D eigenvalue weighted by molar-refractivity contribution is 5.98. The monoisotopic (exact) mass is 635 g/mol. The molecule has 0 spiro atoms. The Hall–Kier alpha value is -3.16. The molecule has 1 saturated carbocycles. The fraction of sp³-hybridized carbons (Fsp3) is 0.618. The normalized spacial score (nSPS) is 26.0. The van der Waals surface area contributed by atoms with Gasteiger partial charge < -0.3 is 20.1 Å². The number of hydrogen-bond donors (Lipinski definition) is 2. The maximum atomic E-state index is 14.4. The van der Waals surface area contributed by atoms with Crippen LogP contribution in [0.3, 0.4) is 0 Å². The number of nitrogens with one attached hydrogen (secondary N) is 1. The van der Waals surface area contributed by atoms with Crippen molar-refractivity contribution in [2.45, 2.75) is 76.0 Å². The number of rotatable bonds is 8. The lowest BCUT2D eigenvalue weighted by Crippen LogP contribution is -2.62. The van der Waals surface area contributed by atoms with Crippen LogP contribution in [0.25, 0.3) is 5.65 Å². The standard InChI is InChI=1S/C34H46FN7O4/c1-22-16-39(27(15-36-22)17-38-11-12-46-19-23(38)2)18-29(44)40-20-33(3,4)30-28(40)14-25(13-24-5-7-26(35)8-6-24)31-37-42(32(45)41(30)31)34(21-43)9-10-34/h5-8,14,22-23,27,36,43H,9-13,15-21H2,1-4H3/t22-,23-,27-/m1/s1. The zero-order chi connectivity index (χ0) is 32.4. The third-order valence-electron chi connectivity index (χ3n) is 10.5. The molecule has 1 amide bonds. The average molecular weight is 636 g/mol. The van der Waals surface area contributed by atoms with Crippen molar-refractivity contribution in [1.82, 2.24) is 29.3 Å². The number of aliphatic hydroxyl groups excluding tert-OH is 1. The molecule has 5 heterocycles. The SMILES string of the molecule is C[C@@H]1CN(CC(=O)N2CC(C)(C)c3c2cc(Cc2ccc(F)cc2)c2nn(C4(CO)CC4)c(=O)n32)[C@@H](CN2CCOC[C@H]2C)CN1. The summed E-state index contributed by atoms with van der Waals surface area (Å²) < 4.78 is 22.6. The number of carbonyl (C=O) groups excluding carboxylic acids is 1. The number of amides is 1. The number of piperazine rings is 1. The number of hydrogen-bond acceptors (Lipinski definition) is 8. The maximum absolute atomic E-state index is 14.4. The largest absolute Gasteiger partial charge is 0.394 e. The van der Waals surface area contributed by atoms with E-state index in [1.807, 2.05) is 11.0 Å². The van der Waals surface area contributed by atoms with Gasteiger partial charge in [0.25, 0.3) is 0 Å². The smallest absolute Gasteiger partial charge is 0.351 e. The number of pyridine rings is 1. The number of aromatic nitrogens is 3. The Labute approximate surface area is 268 Å². The molecular formula is C34H46FN7O4. The maximum Gasteiger partial charge on any atom is 0.351 e. The number of benzene rings is 1. The van der Waals surface area contributed by atoms with Crippen molar-refractivity contribution in [2.75, 3.05) is 64.0 Å². The minimum atomic E-state index is -0.687. The van der Waals surface area contributed by atoms with Crippen LogP contribution in [0.15, 0.2) is 35.1 Å². The number of ether oxygens (including phenoxy) is 1. The molecule has 12 heteroatoms. The van der Waals surface area contributed by atoms with E-state index >= 15 is 0 Å². The molecule has 3 atom stereocenters. The van der Waals surface area contributed by atoms with E-state index < -0.39 is 11.0 Å². The first-order valence-electron chi connectivity index (χ1n) is 16.6. The summed E-state index contributed by atoms with van der Waals surface area (Å²) in [7, 11) is 0. The molecule has 3 aromatic rings. The van der Waals surface area contributed by atoms with Crippen molar-refractivity contribution >= 4 is 17.2 Å². The van der Waals surface area contributed by atoms with E-state index in [-0.39, 0.29) is 42.6 Å². The third-order valence-corrected chi connectivity index (χ3v) is 10.5. The molecule has 0 bridgehead atoms. The molecule has 248 valence electrons. The first-order chi connectivity index (χ1) is 22.0. The van der Waals surface area contributed by atoms with Gasteiger partial charge in [0.05, 0.1) is 43.3 Å². The number of morpholine rings is 1. The van der Waals surface area contributed by atoms with Gasteiger partial charge in [-0.1, -0.05) is 26.0 Å². The second kappa shape index (κ2) is 11.8. The van der Waals surface area contributed by atoms with Gasteiger partial charge in [0.15, 0.2) is 5.65 Å². The van der Waals surface area contributed by atoms with Crippen LogP contribution in [0.2, 0.25) is 0 Å². The number of aliphatic hydroxyl groups is 1. The summed E-state index contributed by atoms with van der Waals surface area (Å²) in [6.45, 7) is 13.8. The first-order valence-corrected chi connectivity index (χ1v) is 16.6. The molecule has 2 saturated heterocycles. The zero-order valence-corrected chi connectivity index (χ0v) is 27.3. The van der Waals surface area contributed by atoms with Gasteiger partial charge in [-0.05, 0) is 50.5 Å². The van der Waals surface area contributed by atoms with Crippen molar-refractivity contribution in [2.24, 2.45) is 0 Å². The van der Waals surface area contributed by atoms with Crippen LogP contribution in [-0.2, 0) is 26.9 Å². The Balaban J connectivity index is 1.26. The number of anilines is 1. The van der Waals surface area contributed by atoms with Gasteiger partial charge in [0.2, 0.25) is 5.91 Å². The molecule has 2 aromatic heterocycles. The van der Waals surface area contributed by atoms with Crippen molar-refractivity contribution in [3.63, 3.8) is 0 Å². The van der Waals surface area contributed by atoms with Crippen LogP contribution in [0.4, 0.5) is 10.1 Å². The molecule has 0 unspecified atom stereocenters. The molecule has 7 rings (SSSR count). The summed E-state index contributed by atoms with van der Waals surface area (Å²) in [5, 5.41) is 18.6. The van der Waals surface area contributed by atoms with E-state index in [9.17, 15) is 19.1 Å². The van der Waals surface area contributed by atoms with Gasteiger partial charge in [-0.2, -0.15) is 0 Å². The van der Waals surface area contributed by atoms with Crippen molar-refractivity contribution < 1.29 is 19.0 Å². The van der Waals surface area contributed by atoms with Gasteiger partial charge in [0, 0.05) is 68.2 Å². The molecule has 2 N–H and O–H groups in total. The average Bonchev–Trinajstić information content (AvgIpc) is 3.67. The summed E-state index contributed by atoms with van der Waals surface area (Å²) in [6.07, 6.45) is 1.78. The molecule has 1 aliphatic carbocycles. The Bertz CT molecular complexity index is 1680. The third kappa shape index (κ3) is 5.57. The highest BCUT2D eigenvalue weighted by Crippen LogP contribution is 2.44. The molecule has 11 nitrogen and oxygen atoms in total. The second-order valence-electron chi connectivity index (χ2n) is 14.6. The van der Waals surface area contributed by atoms with E-state index in [2.05, 4.69) is 42.8 Å². The van der Waals surface area contributed by atoms with Gasteiger partial charge in [-0.15, -0.1) is 5.10 Å². The fourth-order valence-corrected chi connectivity index (χ4v) is 7.63. The Morgan fingerprint density at radius 2 is 1.93 bits per heavy atom. The Morgan fingerprint density at radius 3 is 2.63 bits per heavy atom. The van der Waals surface area contributed by atoms with Gasteiger partial charge in [-0.25, -0.2) is 18.3 Å². The van der Waals surface area contributed by atoms with Crippen LogP contribution in [0, 0.1) is 5.82 Å². The lowest BCUT2D eigenvalue weighted by atomic mass is 9.90. The van der Waals surface area contributed by atoms with Crippen LogP contribution >= 0.6 is 0 Å². The Kier molecular flexibility index (Phi) is 8.08. The predicted octanol–water partition coefficient (Wildman–Crippen LogP) is 1.71. The quantitative estimate of drug-likeness (QED) is 0.386. The van der Waals surface area contributed by atoms with Crippen molar-refractivity contribution in [3.05, 3.63) is 63.5 Å². The minimum absolute atomic E-state index is 0.00231. The topological polar surface area (TPSA) is 108 Å². The van der Waals surface area contributed by atoms with E-state index in [1.54, 1.807) is 16.5 Å². The number of nitrogens with zero attached hydrogens (tertiary/aromatic N) is 6. The van der Waals surface area contributed by atoms with Crippen LogP contribution in [0.5, 0.6) is 0 Å². The van der Waals surface area contributed by atoms with Crippen molar-refractivity contribution in [1.29, 1.82) is 0 Å². The second-order valence-corrected chi connectivity index (χ2v) is 14.6. The lowest BCUT2D eigenvalue weighted by molar-refractivity contribution is -0.121. The predicted molar refractivity (Wildman–Crippen MR) is 173 cm³/mol. The molecule has 1 aromatic carbocycles. The van der Waals surface area contributed by atoms with Gasteiger partial charge >= 0.3 is 5.69 Å². The summed E-state index contributed by atoms with van der Waals surface area (Å²) in [6, 6.07) is 9.11. The molecule has 3 fully saturated rings. The van der Waals surface area contributed by atoms with Crippen LogP contribution in [-0.4, -0.2) is 112 Å². The molecule has 46 heavy (non-hydrogen) atoms. The van der Waals surface area contributed by atoms with Gasteiger partial charge in [0.1, 0.15) is 5.82 Å². The van der Waals surface area contributed by atoms with Crippen LogP contribution in [0.1, 0.15) is 57.4 Å². The van der Waals surface area contributed by atoms with Crippen LogP contribution < -0.4 is 15.9 Å². The summed E-state index contributed by atoms with van der Waals surface area (Å²) >= 11 is 0. The van der Waals surface area contributed by atoms with E-state index in [4.69, 9.17) is 9.84 Å². The summed E-state index contributed by atoms with van der Waals surface area (Å²) in [5.41, 5.74) is 2.15. The first kappa shape index (κ1) is 31.4. The number of fused-ring (bicyclic) bond motifs is 3. The summed E-state index contributed by atoms with van der Waals surface area (Å²) in [4.78, 5) is 35.1. The lowest BCUT2D eigenvalue weighted by Gasteiger charge is -2.43. The summed E-state index contributed by atoms with van der Waals surface area (Å²) in [5.74, 6) is -0.313. The zero-order valence-electron chi connectivity index (χ0n) is 27.3. The fourth-order valence-electron chi connectivity index (χ4n) is 7.63. The highest BCUT2D eigenvalue weighted by atomic mass is 19.1. The molecule has 0 radical (unpaired) electrons. The van der Waals surface area contributed by atoms with E-state index in [0.29, 0.717) is 37.5 Å².